The maximum absolute atomic E-state index is 12.5. The summed E-state index contributed by atoms with van der Waals surface area (Å²) in [6.45, 7) is 4.61. The number of nitrogens with zero attached hydrogens (tertiary/aromatic N) is 3. The van der Waals surface area contributed by atoms with Crippen LogP contribution in [0.25, 0.3) is 0 Å². The molecule has 1 saturated heterocycles. The van der Waals surface area contributed by atoms with E-state index in [1.807, 2.05) is 38.1 Å². The zero-order valence-electron chi connectivity index (χ0n) is 15.0. The highest BCUT2D eigenvalue weighted by atomic mass is 32.2. The number of aromatic nitrogens is 2. The number of para-hydroxylation sites is 1. The van der Waals surface area contributed by atoms with Crippen molar-refractivity contribution in [2.45, 2.75) is 26.4 Å². The largest absolute Gasteiger partial charge is 0.492 e. The second kappa shape index (κ2) is 8.01. The van der Waals surface area contributed by atoms with Gasteiger partial charge in [-0.15, -0.1) is 0 Å². The van der Waals surface area contributed by atoms with E-state index in [1.54, 1.807) is 12.1 Å². The molecule has 7 nitrogen and oxygen atoms in total. The van der Waals surface area contributed by atoms with Crippen molar-refractivity contribution in [3.05, 3.63) is 47.8 Å². The van der Waals surface area contributed by atoms with Gasteiger partial charge in [-0.25, -0.2) is 18.4 Å². The van der Waals surface area contributed by atoms with E-state index >= 15 is 0 Å². The Kier molecular flexibility index (Phi) is 5.73. The van der Waals surface area contributed by atoms with E-state index in [4.69, 9.17) is 9.47 Å². The average Bonchev–Trinajstić information content (AvgIpc) is 3.04. The molecule has 0 aliphatic carbocycles. The zero-order chi connectivity index (χ0) is 18.6. The fraction of sp³-hybridized carbons (Fsp3) is 0.444. The van der Waals surface area contributed by atoms with Crippen LogP contribution in [-0.4, -0.2) is 54.2 Å². The first-order valence-corrected chi connectivity index (χ1v) is 10.2. The molecule has 2 aromatic rings. The number of hydrogen-bond acceptors (Lipinski definition) is 6. The molecule has 0 unspecified atom stereocenters. The molecule has 1 atom stereocenters. The van der Waals surface area contributed by atoms with E-state index in [2.05, 4.69) is 9.97 Å². The van der Waals surface area contributed by atoms with Crippen LogP contribution in [0.3, 0.4) is 0 Å². The van der Waals surface area contributed by atoms with Crippen LogP contribution in [0.1, 0.15) is 17.8 Å². The van der Waals surface area contributed by atoms with Crippen molar-refractivity contribution in [2.24, 2.45) is 0 Å². The summed E-state index contributed by atoms with van der Waals surface area (Å²) in [5.74, 6) is 0.603. The summed E-state index contributed by atoms with van der Waals surface area (Å²) in [5, 5.41) is 0. The van der Waals surface area contributed by atoms with Gasteiger partial charge in [-0.05, 0) is 38.5 Å². The van der Waals surface area contributed by atoms with E-state index in [0.29, 0.717) is 31.3 Å². The minimum absolute atomic E-state index is 0.0608. The summed E-state index contributed by atoms with van der Waals surface area (Å²) in [5.41, 5.74) is 1.65. The van der Waals surface area contributed by atoms with Crippen LogP contribution < -0.4 is 9.47 Å². The third-order valence-corrected chi connectivity index (χ3v) is 5.89. The highest BCUT2D eigenvalue weighted by molar-refractivity contribution is 7.89. The second-order valence-corrected chi connectivity index (χ2v) is 8.39. The summed E-state index contributed by atoms with van der Waals surface area (Å²) >= 11 is 0. The second-order valence-electron chi connectivity index (χ2n) is 6.30. The molecule has 2 heterocycles. The normalized spacial score (nSPS) is 18.0. The van der Waals surface area contributed by atoms with E-state index in [0.717, 1.165) is 11.4 Å². The van der Waals surface area contributed by atoms with Gasteiger partial charge in [-0.2, -0.15) is 4.31 Å². The van der Waals surface area contributed by atoms with Crippen LogP contribution in [-0.2, 0) is 10.0 Å². The van der Waals surface area contributed by atoms with Gasteiger partial charge in [-0.3, -0.25) is 0 Å². The molecule has 0 N–H and O–H groups in total. The fourth-order valence-corrected chi connectivity index (χ4v) is 4.18. The first kappa shape index (κ1) is 18.6. The molecular weight excluding hydrogens is 354 g/mol. The third kappa shape index (κ3) is 4.92. The van der Waals surface area contributed by atoms with Crippen molar-refractivity contribution < 1.29 is 17.9 Å². The summed E-state index contributed by atoms with van der Waals surface area (Å²) in [4.78, 5) is 8.49. The van der Waals surface area contributed by atoms with Crippen molar-refractivity contribution in [3.8, 4) is 11.8 Å². The van der Waals surface area contributed by atoms with Crippen LogP contribution in [0.2, 0.25) is 0 Å². The maximum Gasteiger partial charge on any atom is 0.317 e. The van der Waals surface area contributed by atoms with E-state index in [9.17, 15) is 8.42 Å². The predicted octanol–water partition coefficient (Wildman–Crippen LogP) is 1.96. The minimum Gasteiger partial charge on any atom is -0.492 e. The van der Waals surface area contributed by atoms with Crippen molar-refractivity contribution in [1.29, 1.82) is 0 Å². The summed E-state index contributed by atoms with van der Waals surface area (Å²) in [6, 6.07) is 11.4. The molecule has 8 heteroatoms. The van der Waals surface area contributed by atoms with Gasteiger partial charge in [0.15, 0.2) is 0 Å². The van der Waals surface area contributed by atoms with Crippen molar-refractivity contribution in [3.63, 3.8) is 0 Å². The summed E-state index contributed by atoms with van der Waals surface area (Å²) in [6.07, 6.45) is 0.385. The van der Waals surface area contributed by atoms with Gasteiger partial charge in [0.05, 0.1) is 12.3 Å². The fourth-order valence-electron chi connectivity index (χ4n) is 2.85. The van der Waals surface area contributed by atoms with Gasteiger partial charge in [0.1, 0.15) is 18.5 Å². The Morgan fingerprint density at radius 3 is 2.54 bits per heavy atom. The molecule has 26 heavy (non-hydrogen) atoms. The van der Waals surface area contributed by atoms with E-state index < -0.39 is 10.0 Å². The molecule has 1 fully saturated rings. The monoisotopic (exact) mass is 377 g/mol. The Morgan fingerprint density at radius 1 is 1.15 bits per heavy atom. The first-order valence-electron chi connectivity index (χ1n) is 8.57. The predicted molar refractivity (Wildman–Crippen MR) is 97.8 cm³/mol. The number of sulfonamides is 1. The molecule has 0 radical (unpaired) electrons. The van der Waals surface area contributed by atoms with Gasteiger partial charge < -0.3 is 9.47 Å². The van der Waals surface area contributed by atoms with Crippen LogP contribution in [0, 0.1) is 13.8 Å². The lowest BCUT2D eigenvalue weighted by atomic mass is 10.3. The van der Waals surface area contributed by atoms with Gasteiger partial charge in [-0.1, -0.05) is 18.2 Å². The molecule has 1 aliphatic rings. The minimum atomic E-state index is -3.38. The van der Waals surface area contributed by atoms with E-state index in [-0.39, 0.29) is 18.5 Å². The number of benzene rings is 1. The molecule has 140 valence electrons. The zero-order valence-corrected chi connectivity index (χ0v) is 15.8. The number of rotatable bonds is 7. The Balaban J connectivity index is 1.52. The Bertz CT molecular complexity index is 823. The third-order valence-electron chi connectivity index (χ3n) is 4.09. The average molecular weight is 377 g/mol. The number of hydrogen-bond donors (Lipinski definition) is 0. The number of aryl methyl sites for hydroxylation is 2. The van der Waals surface area contributed by atoms with Crippen LogP contribution in [0.4, 0.5) is 0 Å². The SMILES string of the molecule is Cc1cc(C)nc(O[C@H]2CCN(S(=O)(=O)CCOc3ccccc3)C2)n1. The van der Waals surface area contributed by atoms with Crippen LogP contribution in [0.15, 0.2) is 36.4 Å². The Labute approximate surface area is 154 Å². The quantitative estimate of drug-likeness (QED) is 0.734. The highest BCUT2D eigenvalue weighted by Crippen LogP contribution is 2.19. The van der Waals surface area contributed by atoms with Crippen molar-refractivity contribution in [2.75, 3.05) is 25.4 Å². The summed E-state index contributed by atoms with van der Waals surface area (Å²) < 4.78 is 37.7. The summed E-state index contributed by atoms with van der Waals surface area (Å²) in [7, 11) is -3.38. The van der Waals surface area contributed by atoms with Crippen LogP contribution >= 0.6 is 0 Å². The first-order chi connectivity index (χ1) is 12.4. The van der Waals surface area contributed by atoms with Crippen molar-refractivity contribution in [1.82, 2.24) is 14.3 Å². The highest BCUT2D eigenvalue weighted by Gasteiger charge is 2.32. The molecule has 1 aromatic carbocycles. The van der Waals surface area contributed by atoms with Crippen LogP contribution in [0.5, 0.6) is 11.8 Å². The molecule has 0 spiro atoms. The molecule has 1 aliphatic heterocycles. The lowest BCUT2D eigenvalue weighted by molar-refractivity contribution is 0.196. The van der Waals surface area contributed by atoms with Gasteiger partial charge in [0, 0.05) is 17.9 Å². The molecule has 3 rings (SSSR count). The molecule has 0 saturated carbocycles. The maximum atomic E-state index is 12.5. The molecular formula is C18H23N3O4S. The van der Waals surface area contributed by atoms with Gasteiger partial charge in [0.2, 0.25) is 10.0 Å². The van der Waals surface area contributed by atoms with E-state index in [1.165, 1.54) is 4.31 Å². The topological polar surface area (TPSA) is 81.6 Å². The standard InChI is InChI=1S/C18H23N3O4S/c1-14-12-15(2)20-18(19-14)25-17-8-9-21(13-17)26(22,23)11-10-24-16-6-4-3-5-7-16/h3-7,12,17H,8-11,13H2,1-2H3/t17-/m0/s1. The van der Waals surface area contributed by atoms with Crippen molar-refractivity contribution >= 4 is 10.0 Å². The molecule has 0 bridgehead atoms. The number of ether oxygens (including phenoxy) is 2. The molecule has 0 amide bonds. The Hall–Kier alpha value is -2.19. The lowest BCUT2D eigenvalue weighted by Gasteiger charge is -2.17. The Morgan fingerprint density at radius 2 is 1.85 bits per heavy atom. The van der Waals surface area contributed by atoms with Gasteiger partial charge in [0.25, 0.3) is 0 Å². The van der Waals surface area contributed by atoms with Gasteiger partial charge >= 0.3 is 6.01 Å². The molecule has 1 aromatic heterocycles. The smallest absolute Gasteiger partial charge is 0.317 e. The lowest BCUT2D eigenvalue weighted by Crippen LogP contribution is -2.34.